The number of phenols is 2. The number of nitrogens with one attached hydrogen (secondary N) is 2. The first kappa shape index (κ1) is 40.3. The molecule has 310 valence electrons. The quantitative estimate of drug-likeness (QED) is 0.0579. The van der Waals surface area contributed by atoms with Crippen molar-refractivity contribution in [2.75, 3.05) is 46.1 Å². The van der Waals surface area contributed by atoms with E-state index in [0.29, 0.717) is 54.4 Å². The van der Waals surface area contributed by atoms with Crippen LogP contribution in [0.3, 0.4) is 0 Å². The third-order valence-corrected chi connectivity index (χ3v) is 12.6. The number of fused-ring (bicyclic) bond motifs is 7. The van der Waals surface area contributed by atoms with Gasteiger partial charge in [0.05, 0.1) is 13.0 Å². The molecular formula is C48H56N4O7. The summed E-state index contributed by atoms with van der Waals surface area (Å²) in [6.07, 6.45) is 4.70. The SMILES string of the molecule is CNC[C@H](CNCCC(C)C)Oc1cc2c(cc1O)CC#Cc1nc(N)ccc1C[C@H]1CC[C@]3(Cc4cc(O)cc(OC)c4-c4ccc5c(c43)O[C@H]2[C@H]5COC(C)=O)C1. The van der Waals surface area contributed by atoms with Crippen molar-refractivity contribution in [2.45, 2.75) is 89.3 Å². The Kier molecular flexibility index (Phi) is 11.4. The van der Waals surface area contributed by atoms with E-state index in [9.17, 15) is 15.0 Å². The van der Waals surface area contributed by atoms with Crippen molar-refractivity contribution in [2.24, 2.45) is 11.8 Å². The molecule has 3 heterocycles. The predicted octanol–water partition coefficient (Wildman–Crippen LogP) is 6.88. The number of aromatic hydroxyl groups is 2. The topological polar surface area (TPSA) is 157 Å². The molecule has 4 aromatic rings. The molecule has 5 atom stereocenters. The average Bonchev–Trinajstić information content (AvgIpc) is 3.77. The number of likely N-dealkylation sites (N-methyl/N-ethyl adjacent to an activating group) is 1. The molecule has 0 radical (unpaired) electrons. The molecule has 3 aromatic carbocycles. The maximum absolute atomic E-state index is 12.5. The molecular weight excluding hydrogens is 745 g/mol. The number of methoxy groups -OCH3 is 1. The Labute approximate surface area is 347 Å². The summed E-state index contributed by atoms with van der Waals surface area (Å²) in [5, 5.41) is 29.3. The van der Waals surface area contributed by atoms with Crippen molar-refractivity contribution in [3.63, 3.8) is 0 Å². The van der Waals surface area contributed by atoms with E-state index < -0.39 is 6.10 Å². The van der Waals surface area contributed by atoms with Crippen LogP contribution in [-0.2, 0) is 34.2 Å². The fourth-order valence-electron chi connectivity index (χ4n) is 9.97. The Bertz CT molecular complexity index is 2310. The molecule has 4 bridgehead atoms. The molecule has 6 N–H and O–H groups in total. The van der Waals surface area contributed by atoms with Crippen LogP contribution < -0.4 is 30.6 Å². The molecule has 59 heavy (non-hydrogen) atoms. The highest BCUT2D eigenvalue weighted by molar-refractivity contribution is 5.84. The average molecular weight is 801 g/mol. The monoisotopic (exact) mass is 800 g/mol. The fourth-order valence-corrected chi connectivity index (χ4v) is 9.97. The Morgan fingerprint density at radius 2 is 1.92 bits per heavy atom. The summed E-state index contributed by atoms with van der Waals surface area (Å²) in [6, 6.07) is 15.3. The minimum Gasteiger partial charge on any atom is -0.508 e. The van der Waals surface area contributed by atoms with Gasteiger partial charge in [0.2, 0.25) is 0 Å². The number of pyridine rings is 1. The zero-order valence-corrected chi connectivity index (χ0v) is 34.7. The molecule has 1 spiro atoms. The maximum atomic E-state index is 12.5. The first-order valence-electron chi connectivity index (χ1n) is 21.0. The van der Waals surface area contributed by atoms with Gasteiger partial charge in [-0.2, -0.15) is 0 Å². The van der Waals surface area contributed by atoms with Crippen LogP contribution in [0.4, 0.5) is 5.82 Å². The maximum Gasteiger partial charge on any atom is 0.302 e. The van der Waals surface area contributed by atoms with E-state index >= 15 is 0 Å². The largest absolute Gasteiger partial charge is 0.508 e. The van der Waals surface area contributed by atoms with E-state index in [1.54, 1.807) is 19.2 Å². The van der Waals surface area contributed by atoms with Crippen LogP contribution in [0.25, 0.3) is 11.1 Å². The van der Waals surface area contributed by atoms with Crippen molar-refractivity contribution < 1.29 is 34.0 Å². The van der Waals surface area contributed by atoms with Crippen LogP contribution in [-0.4, -0.2) is 67.7 Å². The summed E-state index contributed by atoms with van der Waals surface area (Å²) in [4.78, 5) is 17.2. The van der Waals surface area contributed by atoms with Crippen LogP contribution >= 0.6 is 0 Å². The van der Waals surface area contributed by atoms with Gasteiger partial charge in [-0.05, 0) is 116 Å². The lowest BCUT2D eigenvalue weighted by Crippen LogP contribution is -2.39. The summed E-state index contributed by atoms with van der Waals surface area (Å²) in [5.74, 6) is 9.18. The number of hydrogen-bond donors (Lipinski definition) is 5. The number of aromatic nitrogens is 1. The number of nitrogens with two attached hydrogens (primary N) is 1. The van der Waals surface area contributed by atoms with E-state index in [-0.39, 0.29) is 47.9 Å². The Morgan fingerprint density at radius 1 is 1.07 bits per heavy atom. The van der Waals surface area contributed by atoms with Crippen LogP contribution in [0, 0.1) is 23.7 Å². The summed E-state index contributed by atoms with van der Waals surface area (Å²) in [6.45, 7) is 7.92. The van der Waals surface area contributed by atoms with E-state index in [1.807, 2.05) is 25.2 Å². The second-order valence-corrected chi connectivity index (χ2v) is 17.2. The number of hydrogen-bond acceptors (Lipinski definition) is 11. The number of benzene rings is 3. The molecule has 0 saturated heterocycles. The van der Waals surface area contributed by atoms with Gasteiger partial charge in [-0.3, -0.25) is 4.79 Å². The number of esters is 1. The van der Waals surface area contributed by atoms with Gasteiger partial charge < -0.3 is 45.5 Å². The van der Waals surface area contributed by atoms with Crippen molar-refractivity contribution in [1.29, 1.82) is 0 Å². The highest BCUT2D eigenvalue weighted by Crippen LogP contribution is 2.62. The lowest BCUT2D eigenvalue weighted by Gasteiger charge is -2.39. The molecule has 2 aliphatic carbocycles. The van der Waals surface area contributed by atoms with Gasteiger partial charge in [0.1, 0.15) is 47.6 Å². The second kappa shape index (κ2) is 16.7. The molecule has 8 rings (SSSR count). The van der Waals surface area contributed by atoms with Gasteiger partial charge in [0.15, 0.2) is 11.5 Å². The summed E-state index contributed by atoms with van der Waals surface area (Å²) < 4.78 is 25.7. The number of ether oxygens (including phenoxy) is 4. The molecule has 1 fully saturated rings. The number of phenolic OH excluding ortho intramolecular Hbond substituents is 2. The minimum atomic E-state index is -0.605. The predicted molar refractivity (Wildman–Crippen MR) is 227 cm³/mol. The number of nitrogens with zero attached hydrogens (tertiary/aromatic N) is 1. The fraction of sp³-hybridized carbons (Fsp3) is 0.458. The first-order valence-corrected chi connectivity index (χ1v) is 21.0. The molecule has 0 unspecified atom stereocenters. The number of carbonyl (C=O) groups is 1. The van der Waals surface area contributed by atoms with E-state index in [0.717, 1.165) is 88.9 Å². The number of carbonyl (C=O) groups excluding carboxylic acids is 1. The van der Waals surface area contributed by atoms with Crippen molar-refractivity contribution >= 4 is 11.8 Å². The molecule has 4 aliphatic rings. The van der Waals surface area contributed by atoms with E-state index in [1.165, 1.54) is 6.92 Å². The first-order chi connectivity index (χ1) is 28.5. The zero-order valence-electron chi connectivity index (χ0n) is 34.7. The van der Waals surface area contributed by atoms with Gasteiger partial charge >= 0.3 is 5.97 Å². The normalized spacial score (nSPS) is 21.4. The third-order valence-electron chi connectivity index (χ3n) is 12.6. The molecule has 11 heteroatoms. The third kappa shape index (κ3) is 8.00. The number of nitrogen functional groups attached to an aromatic ring is 1. The highest BCUT2D eigenvalue weighted by Gasteiger charge is 2.51. The summed E-state index contributed by atoms with van der Waals surface area (Å²) >= 11 is 0. The van der Waals surface area contributed by atoms with Crippen molar-refractivity contribution in [1.82, 2.24) is 15.6 Å². The molecule has 0 amide bonds. The summed E-state index contributed by atoms with van der Waals surface area (Å²) in [7, 11) is 3.52. The van der Waals surface area contributed by atoms with E-state index in [2.05, 4.69) is 54.5 Å². The molecule has 2 aliphatic heterocycles. The van der Waals surface area contributed by atoms with Gasteiger partial charge in [-0.1, -0.05) is 38.0 Å². The van der Waals surface area contributed by atoms with Crippen molar-refractivity contribution in [3.8, 4) is 51.7 Å². The zero-order chi connectivity index (χ0) is 41.4. The number of anilines is 1. The highest BCUT2D eigenvalue weighted by atomic mass is 16.5. The van der Waals surface area contributed by atoms with Gasteiger partial charge in [0.25, 0.3) is 0 Å². The van der Waals surface area contributed by atoms with Crippen LogP contribution in [0.1, 0.15) is 97.6 Å². The van der Waals surface area contributed by atoms with Crippen LogP contribution in [0.5, 0.6) is 28.7 Å². The van der Waals surface area contributed by atoms with Gasteiger partial charge in [-0.15, -0.1) is 0 Å². The van der Waals surface area contributed by atoms with Crippen LogP contribution in [0.2, 0.25) is 0 Å². The van der Waals surface area contributed by atoms with Gasteiger partial charge in [-0.25, -0.2) is 4.98 Å². The number of rotatable bonds is 12. The summed E-state index contributed by atoms with van der Waals surface area (Å²) in [5.41, 5.74) is 14.3. The molecule has 11 nitrogen and oxygen atoms in total. The van der Waals surface area contributed by atoms with Crippen molar-refractivity contribution in [3.05, 3.63) is 87.6 Å². The van der Waals surface area contributed by atoms with E-state index in [4.69, 9.17) is 29.7 Å². The smallest absolute Gasteiger partial charge is 0.302 e. The Morgan fingerprint density at radius 3 is 2.69 bits per heavy atom. The molecule has 1 saturated carbocycles. The Balaban J connectivity index is 1.31. The minimum absolute atomic E-state index is 0.00200. The Hall–Kier alpha value is -5.44. The van der Waals surface area contributed by atoms with Gasteiger partial charge in [0, 0.05) is 60.2 Å². The standard InChI is InChI=1S/C48H56N4O7/c1-27(2)14-16-51-25-34(24-50-4)58-41-21-37-30(19-40(41)55)7-6-8-39-31(9-12-43(49)52-39)17-29-13-15-48(22-29)23-32-18-33(54)20-42(56-5)44(32)36-11-10-35-38(26-57-28(3)53)46(37)59-47(35)45(36)48/h9-12,18-21,27,29,34,38,46,50-51,54-55H,7,13-17,22-26H2,1-5H3,(H2,49,52)/t29-,34-,38+,46-,48-/m1/s1. The second-order valence-electron chi connectivity index (χ2n) is 17.2. The lowest BCUT2D eigenvalue weighted by atomic mass is 9.65. The van der Waals surface area contributed by atoms with Crippen LogP contribution in [0.15, 0.2) is 48.5 Å². The lowest BCUT2D eigenvalue weighted by molar-refractivity contribution is -0.141. The molecule has 1 aromatic heterocycles.